The molecule has 0 aliphatic heterocycles. The largest absolute Gasteiger partial charge is 4.00 e. The summed E-state index contributed by atoms with van der Waals surface area (Å²) in [6.07, 6.45) is 23.1. The molecule has 9 heteroatoms. The minimum atomic E-state index is -0.855. The molecule has 2 aliphatic carbocycles. The summed E-state index contributed by atoms with van der Waals surface area (Å²) in [5, 5.41) is 0. The van der Waals surface area contributed by atoms with Gasteiger partial charge >= 0.3 is 21.7 Å². The average Bonchev–Trinajstić information content (AvgIpc) is 3.98. The van der Waals surface area contributed by atoms with Crippen LogP contribution in [0.1, 0.15) is 91.2 Å². The SMILES string of the molecule is CCCC(C)(C)C(=O)N(Cc1ccccc1)c1ccc(F)[c-]c1F.CCCC(C)(C)C(=O)N(Cc1ccccc1)c1ccc(F)[c-]c1F.[C-]1=CC=CC1.[C-]1=CC=CC1.[Ti+4]. The zero-order chi connectivity index (χ0) is 42.6. The number of amides is 2. The number of allylic oxidation sites excluding steroid dienone is 8. The summed E-state index contributed by atoms with van der Waals surface area (Å²) in [5.41, 5.74) is 0.585. The van der Waals surface area contributed by atoms with Crippen molar-refractivity contribution in [1.29, 1.82) is 0 Å². The van der Waals surface area contributed by atoms with E-state index >= 15 is 0 Å². The number of carbonyl (C=O) groups is 2. The van der Waals surface area contributed by atoms with Gasteiger partial charge in [-0.3, -0.25) is 21.7 Å². The molecule has 0 radical (unpaired) electrons. The van der Waals surface area contributed by atoms with Gasteiger partial charge in [-0.05, 0) is 35.3 Å². The molecule has 0 fully saturated rings. The van der Waals surface area contributed by atoms with Crippen molar-refractivity contribution in [2.75, 3.05) is 9.80 Å². The van der Waals surface area contributed by atoms with Crippen molar-refractivity contribution in [1.82, 2.24) is 0 Å². The Bertz CT molecular complexity index is 1850. The van der Waals surface area contributed by atoms with Gasteiger partial charge in [-0.2, -0.15) is 12.2 Å². The van der Waals surface area contributed by atoms with E-state index in [1.165, 1.54) is 21.9 Å². The smallest absolute Gasteiger partial charge is 0.359 e. The minimum absolute atomic E-state index is 0. The van der Waals surface area contributed by atoms with Gasteiger partial charge < -0.3 is 9.80 Å². The number of carbonyl (C=O) groups excluding carboxylic acids is 2. The van der Waals surface area contributed by atoms with E-state index < -0.39 is 34.1 Å². The van der Waals surface area contributed by atoms with E-state index in [0.29, 0.717) is 12.8 Å². The van der Waals surface area contributed by atoms with Gasteiger partial charge in [0, 0.05) is 47.2 Å². The van der Waals surface area contributed by atoms with Crippen LogP contribution in [0.25, 0.3) is 0 Å². The van der Waals surface area contributed by atoms with Crippen molar-refractivity contribution < 1.29 is 48.9 Å². The Balaban J connectivity index is 0.000000323. The molecule has 59 heavy (non-hydrogen) atoms. The summed E-state index contributed by atoms with van der Waals surface area (Å²) in [6.45, 7) is 11.9. The van der Waals surface area contributed by atoms with Gasteiger partial charge in [-0.25, -0.2) is 41.9 Å². The van der Waals surface area contributed by atoms with Gasteiger partial charge in [0.15, 0.2) is 0 Å². The fourth-order valence-electron chi connectivity index (χ4n) is 6.23. The molecule has 0 heterocycles. The molecule has 0 bridgehead atoms. The summed E-state index contributed by atoms with van der Waals surface area (Å²) >= 11 is 0. The second kappa shape index (κ2) is 25.6. The molecular weight excluding hydrogens is 784 g/mol. The predicted molar refractivity (Wildman–Crippen MR) is 226 cm³/mol. The van der Waals surface area contributed by atoms with Crippen LogP contribution in [-0.2, 0) is 44.4 Å². The van der Waals surface area contributed by atoms with E-state index in [1.807, 2.05) is 139 Å². The number of anilines is 2. The number of rotatable bonds is 12. The molecule has 4 aromatic rings. The summed E-state index contributed by atoms with van der Waals surface area (Å²) in [6, 6.07) is 27.6. The minimum Gasteiger partial charge on any atom is -0.359 e. The van der Waals surface area contributed by atoms with E-state index in [4.69, 9.17) is 0 Å². The molecule has 2 aliphatic rings. The van der Waals surface area contributed by atoms with Crippen LogP contribution in [0.15, 0.2) is 121 Å². The standard InChI is InChI=1S/2C20H22F2NO.2C5H5.Ti/c2*1-4-12-20(2,3)19(24)23(14-15-8-6-5-7-9-15)18-11-10-16(21)13-17(18)22;2*1-2-4-5-3-1;/h2*5-11H,4,12,14H2,1-3H3;2*1-3H,4H2;/q4*-1;+4. The quantitative estimate of drug-likeness (QED) is 0.0810. The van der Waals surface area contributed by atoms with Crippen LogP contribution in [0.5, 0.6) is 0 Å². The monoisotopic (exact) mass is 838 g/mol. The number of benzene rings is 4. The van der Waals surface area contributed by atoms with Gasteiger partial charge in [0.2, 0.25) is 11.8 Å². The van der Waals surface area contributed by atoms with Crippen molar-refractivity contribution in [3.8, 4) is 0 Å². The molecular formula is C50H54F4N2O2Ti. The number of hydrogen-bond donors (Lipinski definition) is 0. The first-order chi connectivity index (χ1) is 27.7. The van der Waals surface area contributed by atoms with E-state index in [-0.39, 0.29) is 58.0 Å². The Morgan fingerprint density at radius 3 is 1.19 bits per heavy atom. The van der Waals surface area contributed by atoms with Crippen LogP contribution in [0.3, 0.4) is 0 Å². The van der Waals surface area contributed by atoms with Crippen LogP contribution in [0.2, 0.25) is 0 Å². The number of halogens is 4. The topological polar surface area (TPSA) is 40.6 Å². The molecule has 0 spiro atoms. The fraction of sp³-hybridized carbons (Fsp3) is 0.320. The molecule has 0 saturated heterocycles. The first kappa shape index (κ1) is 50.4. The summed E-state index contributed by atoms with van der Waals surface area (Å²) in [4.78, 5) is 28.9. The number of nitrogens with zero attached hydrogens (tertiary/aromatic N) is 2. The van der Waals surface area contributed by atoms with Crippen LogP contribution < -0.4 is 9.80 Å². The van der Waals surface area contributed by atoms with Crippen LogP contribution >= 0.6 is 0 Å². The van der Waals surface area contributed by atoms with Gasteiger partial charge in [0.05, 0.1) is 0 Å². The molecule has 308 valence electrons. The third-order valence-electron chi connectivity index (χ3n) is 9.20. The third kappa shape index (κ3) is 16.8. The maximum atomic E-state index is 14.2. The Morgan fingerprint density at radius 1 is 0.576 bits per heavy atom. The van der Waals surface area contributed by atoms with Crippen LogP contribution in [-0.4, -0.2) is 11.8 Å². The van der Waals surface area contributed by atoms with Gasteiger partial charge in [-0.1, -0.05) is 115 Å². The van der Waals surface area contributed by atoms with Gasteiger partial charge in [0.1, 0.15) is 0 Å². The maximum absolute atomic E-state index is 14.2. The molecule has 6 rings (SSSR count). The Kier molecular flexibility index (Phi) is 21.9. The predicted octanol–water partition coefficient (Wildman–Crippen LogP) is 12.9. The van der Waals surface area contributed by atoms with Gasteiger partial charge in [0.25, 0.3) is 0 Å². The molecule has 0 unspecified atom stereocenters. The second-order valence-corrected chi connectivity index (χ2v) is 15.0. The first-order valence-corrected chi connectivity index (χ1v) is 19.6. The van der Waals surface area contributed by atoms with E-state index in [9.17, 15) is 27.2 Å². The normalized spacial score (nSPS) is 12.2. The third-order valence-corrected chi connectivity index (χ3v) is 9.20. The van der Waals surface area contributed by atoms with Crippen molar-refractivity contribution in [3.63, 3.8) is 0 Å². The zero-order valence-electron chi connectivity index (χ0n) is 34.9. The molecule has 0 aromatic heterocycles. The summed E-state index contributed by atoms with van der Waals surface area (Å²) in [7, 11) is 0. The summed E-state index contributed by atoms with van der Waals surface area (Å²) in [5.74, 6) is -3.65. The van der Waals surface area contributed by atoms with Gasteiger partial charge in [-0.15, -0.1) is 49.2 Å². The second-order valence-electron chi connectivity index (χ2n) is 15.0. The van der Waals surface area contributed by atoms with Crippen LogP contribution in [0, 0.1) is 58.4 Å². The van der Waals surface area contributed by atoms with Crippen molar-refractivity contribution in [2.45, 2.75) is 93.2 Å². The van der Waals surface area contributed by atoms with Crippen LogP contribution in [0.4, 0.5) is 28.9 Å². The average molecular weight is 839 g/mol. The Hall–Kier alpha value is -4.79. The van der Waals surface area contributed by atoms with Crippen molar-refractivity contribution in [2.24, 2.45) is 10.8 Å². The molecule has 4 aromatic carbocycles. The molecule has 4 nitrogen and oxygen atoms in total. The molecule has 0 N–H and O–H groups in total. The van der Waals surface area contributed by atoms with E-state index in [2.05, 4.69) is 24.3 Å². The maximum Gasteiger partial charge on any atom is 4.00 e. The summed E-state index contributed by atoms with van der Waals surface area (Å²) < 4.78 is 54.9. The Labute approximate surface area is 364 Å². The number of hydrogen-bond acceptors (Lipinski definition) is 2. The van der Waals surface area contributed by atoms with E-state index in [0.717, 1.165) is 48.9 Å². The first-order valence-electron chi connectivity index (χ1n) is 19.6. The van der Waals surface area contributed by atoms with Crippen molar-refractivity contribution >= 4 is 23.2 Å². The molecule has 2 amide bonds. The fourth-order valence-corrected chi connectivity index (χ4v) is 6.23. The molecule has 0 saturated carbocycles. The zero-order valence-corrected chi connectivity index (χ0v) is 36.5. The Morgan fingerprint density at radius 2 is 0.932 bits per heavy atom. The van der Waals surface area contributed by atoms with E-state index in [1.54, 1.807) is 0 Å². The van der Waals surface area contributed by atoms with Crippen molar-refractivity contribution in [3.05, 3.63) is 180 Å². The molecule has 0 atom stereocenters.